The molecule has 0 saturated heterocycles. The van der Waals surface area contributed by atoms with Gasteiger partial charge >= 0.3 is 53.5 Å². The van der Waals surface area contributed by atoms with E-state index in [4.69, 9.17) is 17.0 Å². The Kier molecular flexibility index (Phi) is 13.5. The molecule has 0 aliphatic heterocycles. The van der Waals surface area contributed by atoms with Crippen LogP contribution < -0.4 is 0 Å². The molecule has 2 aliphatic carbocycles. The second-order valence-electron chi connectivity index (χ2n) is 3.86. The average molecular weight is 355 g/mol. The van der Waals surface area contributed by atoms with Crippen molar-refractivity contribution in [3.8, 4) is 0 Å². The van der Waals surface area contributed by atoms with Crippen LogP contribution in [0.5, 0.6) is 0 Å². The van der Waals surface area contributed by atoms with Crippen LogP contribution in [-0.4, -0.2) is 5.43 Å². The third kappa shape index (κ3) is 13.2. The maximum atomic E-state index is 5.62. The van der Waals surface area contributed by atoms with Crippen LogP contribution in [-0.2, 0) is 18.0 Å². The zero-order chi connectivity index (χ0) is 12.2. The van der Waals surface area contributed by atoms with Crippen molar-refractivity contribution in [3.05, 3.63) is 24.3 Å². The molecule has 0 radical (unpaired) electrons. The van der Waals surface area contributed by atoms with Gasteiger partial charge < -0.3 is 12.2 Å². The van der Waals surface area contributed by atoms with Crippen LogP contribution in [0.3, 0.4) is 0 Å². The maximum absolute atomic E-state index is 5.62. The molecule has 4 heteroatoms. The first-order chi connectivity index (χ1) is 7.64. The van der Waals surface area contributed by atoms with Gasteiger partial charge in [-0.05, 0) is 0 Å². The van der Waals surface area contributed by atoms with Gasteiger partial charge in [-0.1, -0.05) is 25.7 Å². The molecule has 16 heavy (non-hydrogen) atoms. The molecule has 0 N–H and O–H groups in total. The summed E-state index contributed by atoms with van der Waals surface area (Å²) in [7, 11) is 11.2. The van der Waals surface area contributed by atoms with Gasteiger partial charge in [-0.3, -0.25) is 12.2 Å². The molecule has 0 aromatic heterocycles. The van der Waals surface area contributed by atoms with Crippen molar-refractivity contribution >= 4 is 22.5 Å². The molecule has 0 aromatic rings. The van der Waals surface area contributed by atoms with Crippen LogP contribution in [0.1, 0.15) is 38.5 Å². The van der Waals surface area contributed by atoms with Gasteiger partial charge in [0.2, 0.25) is 0 Å². The Bertz CT molecular complexity index is 214. The van der Waals surface area contributed by atoms with Gasteiger partial charge in [0.15, 0.2) is 0 Å². The zero-order valence-electron chi connectivity index (χ0n) is 10.2. The third-order valence-electron chi connectivity index (χ3n) is 2.01. The summed E-state index contributed by atoms with van der Waals surface area (Å²) in [6, 6.07) is 0. The minimum absolute atomic E-state index is 0.224. The molecule has 0 fully saturated rings. The summed E-state index contributed by atoms with van der Waals surface area (Å²) in [6.07, 6.45) is 18.0. The number of rotatable bonds is 0. The van der Waals surface area contributed by atoms with E-state index in [2.05, 4.69) is 37.4 Å². The quantitative estimate of drug-likeness (QED) is 0.413. The summed E-state index contributed by atoms with van der Waals surface area (Å²) < 4.78 is 0. The van der Waals surface area contributed by atoms with E-state index in [9.17, 15) is 0 Å². The SMILES string of the molecule is C[Si](C)=[Zr]([Cl])[Cl].[C-]1=CCCC1.[C-]1=CCCC1. The number of allylic oxidation sites excluding steroid dienone is 4. The van der Waals surface area contributed by atoms with Crippen LogP contribution >= 0.6 is 17.0 Å². The van der Waals surface area contributed by atoms with Crippen molar-refractivity contribution in [2.24, 2.45) is 0 Å². The Morgan fingerprint density at radius 2 is 1.38 bits per heavy atom. The predicted octanol–water partition coefficient (Wildman–Crippen LogP) is 5.22. The van der Waals surface area contributed by atoms with Gasteiger partial charge in [-0.25, -0.2) is 0 Å². The van der Waals surface area contributed by atoms with Crippen molar-refractivity contribution in [3.63, 3.8) is 0 Å². The summed E-state index contributed by atoms with van der Waals surface area (Å²) in [4.78, 5) is 0. The Morgan fingerprint density at radius 1 is 1.00 bits per heavy atom. The molecule has 0 saturated carbocycles. The second kappa shape index (κ2) is 12.6. The normalized spacial score (nSPS) is 16.0. The monoisotopic (exact) mass is 352 g/mol. The van der Waals surface area contributed by atoms with Gasteiger partial charge in [-0.2, -0.15) is 12.8 Å². The fourth-order valence-corrected chi connectivity index (χ4v) is 1.02. The Balaban J connectivity index is 0.000000211. The fraction of sp³-hybridized carbons (Fsp3) is 0.667. The fourth-order valence-electron chi connectivity index (χ4n) is 1.02. The molecule has 0 atom stereocenters. The molecule has 2 rings (SSSR count). The number of hydrogen-bond acceptors (Lipinski definition) is 0. The van der Waals surface area contributed by atoms with Gasteiger partial charge in [-0.15, -0.1) is 0 Å². The first-order valence-electron chi connectivity index (χ1n) is 5.73. The topological polar surface area (TPSA) is 0 Å². The van der Waals surface area contributed by atoms with E-state index in [0.717, 1.165) is 0 Å². The Hall–Kier alpha value is 1.16. The summed E-state index contributed by atoms with van der Waals surface area (Å²) in [5.41, 5.74) is -0.224. The van der Waals surface area contributed by atoms with Crippen LogP contribution in [0.4, 0.5) is 0 Å². The van der Waals surface area contributed by atoms with E-state index < -0.39 is 18.0 Å². The number of hydrogen-bond donors (Lipinski definition) is 0. The molecule has 0 unspecified atom stereocenters. The summed E-state index contributed by atoms with van der Waals surface area (Å²) in [6.45, 7) is 4.33. The molecule has 0 nitrogen and oxygen atoms in total. The summed E-state index contributed by atoms with van der Waals surface area (Å²) >= 11 is -1.65. The second-order valence-corrected chi connectivity index (χ2v) is 26.8. The molecule has 0 spiro atoms. The van der Waals surface area contributed by atoms with Crippen LogP contribution in [0.2, 0.25) is 13.1 Å². The summed E-state index contributed by atoms with van der Waals surface area (Å²) in [5, 5.41) is 0. The van der Waals surface area contributed by atoms with Crippen molar-refractivity contribution < 1.29 is 18.0 Å². The molecular formula is C12H20Cl2SiZr-2. The molecule has 0 heterocycles. The predicted molar refractivity (Wildman–Crippen MR) is 72.5 cm³/mol. The average Bonchev–Trinajstić information content (AvgIpc) is 2.97. The molecule has 92 valence electrons. The van der Waals surface area contributed by atoms with Gasteiger partial charge in [0.05, 0.1) is 0 Å². The molecule has 0 aromatic carbocycles. The largest absolute Gasteiger partial charge is 0.501 e. The van der Waals surface area contributed by atoms with E-state index in [1.54, 1.807) is 0 Å². The third-order valence-corrected chi connectivity index (χ3v) is 21.8. The van der Waals surface area contributed by atoms with Crippen molar-refractivity contribution in [2.75, 3.05) is 0 Å². The Morgan fingerprint density at radius 3 is 1.44 bits per heavy atom. The van der Waals surface area contributed by atoms with Crippen LogP contribution in [0.15, 0.2) is 12.2 Å². The van der Waals surface area contributed by atoms with E-state index in [0.29, 0.717) is 0 Å². The van der Waals surface area contributed by atoms with Crippen LogP contribution in [0.25, 0.3) is 0 Å². The van der Waals surface area contributed by atoms with Crippen molar-refractivity contribution in [2.45, 2.75) is 51.6 Å². The smallest absolute Gasteiger partial charge is 0.0694 e. The first-order valence-corrected chi connectivity index (χ1v) is 18.2. The Labute approximate surface area is 115 Å². The standard InChI is InChI=1S/2C5H7.C2H6Si.2ClH.Zr/c2*1-2-4-5-3-1;1-3-2;;;/h2*1H,2,4-5H2;1-2H3;2*1H;/q2*-1;;;;+2/p-2. The van der Waals surface area contributed by atoms with E-state index >= 15 is 0 Å². The zero-order valence-corrected chi connectivity index (χ0v) is 15.1. The first kappa shape index (κ1) is 17.2. The molecule has 0 bridgehead atoms. The van der Waals surface area contributed by atoms with Gasteiger partial charge in [0.25, 0.3) is 0 Å². The van der Waals surface area contributed by atoms with Crippen molar-refractivity contribution in [1.29, 1.82) is 0 Å². The minimum atomic E-state index is -1.65. The van der Waals surface area contributed by atoms with Crippen LogP contribution in [0, 0.1) is 12.2 Å². The van der Waals surface area contributed by atoms with Gasteiger partial charge in [0, 0.05) is 0 Å². The van der Waals surface area contributed by atoms with Gasteiger partial charge in [0.1, 0.15) is 0 Å². The number of halogens is 2. The summed E-state index contributed by atoms with van der Waals surface area (Å²) in [5.74, 6) is 0. The molecule has 0 amide bonds. The maximum Gasteiger partial charge on any atom is -0.0694 e. The van der Waals surface area contributed by atoms with E-state index in [1.165, 1.54) is 38.5 Å². The van der Waals surface area contributed by atoms with E-state index in [1.807, 2.05) is 0 Å². The van der Waals surface area contributed by atoms with E-state index in [-0.39, 0.29) is 5.43 Å². The minimum Gasteiger partial charge on any atom is -0.501 e. The van der Waals surface area contributed by atoms with Crippen molar-refractivity contribution in [1.82, 2.24) is 0 Å². The molecule has 2 aliphatic rings. The molecular weight excluding hydrogens is 334 g/mol.